The molecule has 1 aliphatic heterocycles. The number of ether oxygens (including phenoxy) is 2. The SMILES string of the molecule is O=C(Cn1cnc2sc3c(c2c1=O)CCCCC3)NCc1ccc2c(c1)OCO2. The Morgan fingerprint density at radius 3 is 2.97 bits per heavy atom. The number of aromatic nitrogens is 2. The molecule has 0 fully saturated rings. The van der Waals surface area contributed by atoms with Crippen LogP contribution in [0.5, 0.6) is 11.5 Å². The van der Waals surface area contributed by atoms with Crippen LogP contribution in [0.1, 0.15) is 35.3 Å². The number of rotatable bonds is 4. The average molecular weight is 411 g/mol. The van der Waals surface area contributed by atoms with E-state index in [1.165, 1.54) is 22.2 Å². The molecule has 1 aliphatic carbocycles. The van der Waals surface area contributed by atoms with Gasteiger partial charge in [-0.1, -0.05) is 12.5 Å². The number of aryl methyl sites for hydroxylation is 2. The molecule has 0 unspecified atom stereocenters. The van der Waals surface area contributed by atoms with Crippen LogP contribution in [0.15, 0.2) is 29.3 Å². The van der Waals surface area contributed by atoms with Gasteiger partial charge in [-0.15, -0.1) is 11.3 Å². The average Bonchev–Trinajstić information content (AvgIpc) is 3.26. The zero-order chi connectivity index (χ0) is 19.8. The van der Waals surface area contributed by atoms with Gasteiger partial charge in [0, 0.05) is 11.4 Å². The van der Waals surface area contributed by atoms with E-state index in [1.54, 1.807) is 11.3 Å². The Morgan fingerprint density at radius 1 is 1.17 bits per heavy atom. The van der Waals surface area contributed by atoms with E-state index in [9.17, 15) is 9.59 Å². The molecule has 1 amide bonds. The van der Waals surface area contributed by atoms with E-state index >= 15 is 0 Å². The second kappa shape index (κ2) is 7.51. The molecule has 0 saturated heterocycles. The summed E-state index contributed by atoms with van der Waals surface area (Å²) in [6.45, 7) is 0.528. The molecular formula is C21H21N3O4S. The number of nitrogens with zero attached hydrogens (tertiary/aromatic N) is 2. The largest absolute Gasteiger partial charge is 0.454 e. The lowest BCUT2D eigenvalue weighted by molar-refractivity contribution is -0.121. The zero-order valence-corrected chi connectivity index (χ0v) is 16.7. The number of hydrogen-bond donors (Lipinski definition) is 1. The Balaban J connectivity index is 1.32. The predicted molar refractivity (Wildman–Crippen MR) is 110 cm³/mol. The molecule has 0 radical (unpaired) electrons. The quantitative estimate of drug-likeness (QED) is 0.668. The summed E-state index contributed by atoms with van der Waals surface area (Å²) in [7, 11) is 0. The minimum absolute atomic E-state index is 0.0447. The highest BCUT2D eigenvalue weighted by Gasteiger charge is 2.20. The summed E-state index contributed by atoms with van der Waals surface area (Å²) >= 11 is 1.62. The van der Waals surface area contributed by atoms with Gasteiger partial charge < -0.3 is 14.8 Å². The van der Waals surface area contributed by atoms with Crippen molar-refractivity contribution in [2.24, 2.45) is 0 Å². The van der Waals surface area contributed by atoms with E-state index in [2.05, 4.69) is 10.3 Å². The van der Waals surface area contributed by atoms with Crippen molar-refractivity contribution >= 4 is 27.5 Å². The normalized spacial score (nSPS) is 15.2. The molecule has 0 spiro atoms. The van der Waals surface area contributed by atoms with Crippen molar-refractivity contribution < 1.29 is 14.3 Å². The minimum Gasteiger partial charge on any atom is -0.454 e. The number of carbonyl (C=O) groups is 1. The Bertz CT molecular complexity index is 1150. The minimum atomic E-state index is -0.229. The predicted octanol–water partition coefficient (Wildman–Crippen LogP) is 2.77. The fraction of sp³-hybridized carbons (Fsp3) is 0.381. The molecule has 1 N–H and O–H groups in total. The van der Waals surface area contributed by atoms with Crippen LogP contribution >= 0.6 is 11.3 Å². The highest BCUT2D eigenvalue weighted by Crippen LogP contribution is 2.33. The second-order valence-electron chi connectivity index (χ2n) is 7.39. The first-order valence-corrected chi connectivity index (χ1v) is 10.7. The lowest BCUT2D eigenvalue weighted by Crippen LogP contribution is -2.32. The maximum absolute atomic E-state index is 13.0. The van der Waals surface area contributed by atoms with Crippen molar-refractivity contribution in [3.8, 4) is 11.5 Å². The monoisotopic (exact) mass is 411 g/mol. The van der Waals surface area contributed by atoms with Crippen molar-refractivity contribution in [2.45, 2.75) is 45.2 Å². The van der Waals surface area contributed by atoms with Gasteiger partial charge in [-0.05, 0) is 48.9 Å². The van der Waals surface area contributed by atoms with Crippen molar-refractivity contribution in [3.05, 3.63) is 50.9 Å². The van der Waals surface area contributed by atoms with Gasteiger partial charge in [0.15, 0.2) is 11.5 Å². The van der Waals surface area contributed by atoms with Crippen LogP contribution in [-0.2, 0) is 30.7 Å². The topological polar surface area (TPSA) is 82.5 Å². The fourth-order valence-corrected chi connectivity index (χ4v) is 5.15. The maximum Gasteiger partial charge on any atom is 0.262 e. The van der Waals surface area contributed by atoms with Crippen molar-refractivity contribution in [3.63, 3.8) is 0 Å². The van der Waals surface area contributed by atoms with Crippen LogP contribution in [0.4, 0.5) is 0 Å². The summed E-state index contributed by atoms with van der Waals surface area (Å²) in [5.74, 6) is 1.16. The van der Waals surface area contributed by atoms with Crippen LogP contribution in [-0.4, -0.2) is 22.3 Å². The Labute approximate surface area is 171 Å². The van der Waals surface area contributed by atoms with Crippen LogP contribution in [0.25, 0.3) is 10.2 Å². The van der Waals surface area contributed by atoms with Crippen LogP contribution in [0.2, 0.25) is 0 Å². The van der Waals surface area contributed by atoms with Crippen molar-refractivity contribution in [1.82, 2.24) is 14.9 Å². The third kappa shape index (κ3) is 3.48. The van der Waals surface area contributed by atoms with Crippen molar-refractivity contribution in [1.29, 1.82) is 0 Å². The highest BCUT2D eigenvalue weighted by atomic mass is 32.1. The molecule has 0 atom stereocenters. The molecule has 3 aromatic rings. The summed E-state index contributed by atoms with van der Waals surface area (Å²) in [6.07, 6.45) is 6.89. The van der Waals surface area contributed by atoms with Gasteiger partial charge in [-0.2, -0.15) is 0 Å². The molecule has 29 heavy (non-hydrogen) atoms. The number of thiophene rings is 1. The van der Waals surface area contributed by atoms with E-state index < -0.39 is 0 Å². The number of nitrogens with one attached hydrogen (secondary N) is 1. The number of benzene rings is 1. The molecule has 5 rings (SSSR count). The Kier molecular flexibility index (Phi) is 4.71. The van der Waals surface area contributed by atoms with Crippen molar-refractivity contribution in [2.75, 3.05) is 6.79 Å². The summed E-state index contributed by atoms with van der Waals surface area (Å²) < 4.78 is 12.1. The van der Waals surface area contributed by atoms with E-state index in [-0.39, 0.29) is 24.8 Å². The summed E-state index contributed by atoms with van der Waals surface area (Å²) in [5, 5.41) is 3.57. The van der Waals surface area contributed by atoms with Gasteiger partial charge in [-0.25, -0.2) is 4.98 Å². The first-order chi connectivity index (χ1) is 14.2. The van der Waals surface area contributed by atoms with Gasteiger partial charge in [0.1, 0.15) is 11.4 Å². The van der Waals surface area contributed by atoms with E-state index in [0.29, 0.717) is 23.4 Å². The van der Waals surface area contributed by atoms with Crippen LogP contribution < -0.4 is 20.3 Å². The van der Waals surface area contributed by atoms with E-state index in [0.717, 1.165) is 41.6 Å². The Morgan fingerprint density at radius 2 is 2.03 bits per heavy atom. The standard InChI is InChI=1S/C21H21N3O4S/c25-18(22-9-13-6-7-15-16(8-13)28-12-27-15)10-24-11-23-20-19(21(24)26)14-4-2-1-3-5-17(14)29-20/h6-8,11H,1-5,9-10,12H2,(H,22,25). The number of fused-ring (bicyclic) bond motifs is 4. The molecule has 1 aromatic carbocycles. The number of amides is 1. The molecule has 8 heteroatoms. The summed E-state index contributed by atoms with van der Waals surface area (Å²) in [4.78, 5) is 32.0. The van der Waals surface area contributed by atoms with Gasteiger partial charge >= 0.3 is 0 Å². The summed E-state index contributed by atoms with van der Waals surface area (Å²) in [5.41, 5.74) is 1.94. The second-order valence-corrected chi connectivity index (χ2v) is 8.47. The van der Waals surface area contributed by atoms with E-state index in [1.807, 2.05) is 18.2 Å². The number of hydrogen-bond acceptors (Lipinski definition) is 6. The number of carbonyl (C=O) groups excluding carboxylic acids is 1. The zero-order valence-electron chi connectivity index (χ0n) is 15.9. The van der Waals surface area contributed by atoms with Gasteiger partial charge in [-0.3, -0.25) is 14.2 Å². The molecule has 0 bridgehead atoms. The lowest BCUT2D eigenvalue weighted by atomic mass is 10.1. The third-order valence-electron chi connectivity index (χ3n) is 5.43. The molecule has 150 valence electrons. The lowest BCUT2D eigenvalue weighted by Gasteiger charge is -2.08. The van der Waals surface area contributed by atoms with E-state index in [4.69, 9.17) is 9.47 Å². The van der Waals surface area contributed by atoms with Gasteiger partial charge in [0.05, 0.1) is 11.7 Å². The highest BCUT2D eigenvalue weighted by molar-refractivity contribution is 7.18. The van der Waals surface area contributed by atoms with Crippen LogP contribution in [0.3, 0.4) is 0 Å². The molecule has 2 aliphatic rings. The third-order valence-corrected chi connectivity index (χ3v) is 6.63. The molecular weight excluding hydrogens is 390 g/mol. The first-order valence-electron chi connectivity index (χ1n) is 9.84. The van der Waals surface area contributed by atoms with Gasteiger partial charge in [0.2, 0.25) is 12.7 Å². The molecule has 7 nitrogen and oxygen atoms in total. The molecule has 0 saturated carbocycles. The Hall–Kier alpha value is -2.87. The maximum atomic E-state index is 13.0. The fourth-order valence-electron chi connectivity index (χ4n) is 3.93. The van der Waals surface area contributed by atoms with Crippen LogP contribution in [0, 0.1) is 0 Å². The first kappa shape index (κ1) is 18.2. The smallest absolute Gasteiger partial charge is 0.262 e. The summed E-state index contributed by atoms with van der Waals surface area (Å²) in [6, 6.07) is 5.56. The molecule has 2 aromatic heterocycles. The van der Waals surface area contributed by atoms with Gasteiger partial charge in [0.25, 0.3) is 5.56 Å². The molecule has 3 heterocycles.